The van der Waals surface area contributed by atoms with Crippen LogP contribution in [0.3, 0.4) is 0 Å². The maximum atomic E-state index is 11.9. The van der Waals surface area contributed by atoms with Gasteiger partial charge in [0.2, 0.25) is 0 Å². The first kappa shape index (κ1) is 19.2. The third kappa shape index (κ3) is 4.29. The molecule has 0 aliphatic carbocycles. The standard InChI is InChI=1S/C11H14BrN2O9P/c12-2-1-5-3-14(11(18)13-9(5)17)10-8(16)7(15)6(23-10)4-22-24(19,20)21/h1-3,6-8,10,15-16H,4H2,(H,13,17,18)(H2,19,20,21)/t6-,7-,8-,10-/m1/s1. The van der Waals surface area contributed by atoms with Gasteiger partial charge < -0.3 is 24.7 Å². The van der Waals surface area contributed by atoms with Crippen molar-refractivity contribution in [3.05, 3.63) is 37.6 Å². The number of phosphoric ester groups is 1. The van der Waals surface area contributed by atoms with Crippen LogP contribution in [0, 0.1) is 0 Å². The Labute approximate surface area is 142 Å². The third-order valence-electron chi connectivity index (χ3n) is 3.26. The van der Waals surface area contributed by atoms with Gasteiger partial charge in [-0.15, -0.1) is 0 Å². The van der Waals surface area contributed by atoms with Crippen LogP contribution in [-0.4, -0.2) is 54.5 Å². The number of ether oxygens (including phenoxy) is 1. The predicted molar refractivity (Wildman–Crippen MR) is 83.2 cm³/mol. The first-order chi connectivity index (χ1) is 11.1. The lowest BCUT2D eigenvalue weighted by Crippen LogP contribution is -2.38. The van der Waals surface area contributed by atoms with Crippen LogP contribution in [0.1, 0.15) is 11.8 Å². The van der Waals surface area contributed by atoms with Gasteiger partial charge >= 0.3 is 13.5 Å². The fourth-order valence-corrected chi connectivity index (χ4v) is 2.77. The zero-order valence-corrected chi connectivity index (χ0v) is 14.3. The molecule has 134 valence electrons. The van der Waals surface area contributed by atoms with E-state index in [1.807, 2.05) is 4.98 Å². The van der Waals surface area contributed by atoms with Gasteiger partial charge in [-0.3, -0.25) is 18.9 Å². The molecule has 11 nitrogen and oxygen atoms in total. The normalized spacial score (nSPS) is 27.9. The van der Waals surface area contributed by atoms with Gasteiger partial charge in [-0.1, -0.05) is 15.9 Å². The summed E-state index contributed by atoms with van der Waals surface area (Å²) in [4.78, 5) is 44.3. The molecule has 1 aliphatic rings. The lowest BCUT2D eigenvalue weighted by molar-refractivity contribution is -0.0543. The lowest BCUT2D eigenvalue weighted by atomic mass is 10.1. The molecule has 0 aromatic carbocycles. The topological polar surface area (TPSA) is 171 Å². The number of phosphoric acid groups is 1. The Hall–Kier alpha value is -1.11. The Kier molecular flexibility index (Phi) is 5.94. The molecule has 1 aliphatic heterocycles. The fraction of sp³-hybridized carbons (Fsp3) is 0.455. The second kappa shape index (κ2) is 7.42. The molecule has 1 fully saturated rings. The summed E-state index contributed by atoms with van der Waals surface area (Å²) in [6.45, 7) is -0.703. The first-order valence-electron chi connectivity index (χ1n) is 6.48. The molecule has 24 heavy (non-hydrogen) atoms. The number of nitrogens with zero attached hydrogens (tertiary/aromatic N) is 1. The Morgan fingerprint density at radius 2 is 2.04 bits per heavy atom. The minimum atomic E-state index is -4.79. The van der Waals surface area contributed by atoms with Crippen molar-refractivity contribution in [1.82, 2.24) is 9.55 Å². The Bertz CT molecular complexity index is 784. The zero-order chi connectivity index (χ0) is 18.1. The van der Waals surface area contributed by atoms with Gasteiger partial charge in [-0.25, -0.2) is 9.36 Å². The molecule has 1 saturated heterocycles. The molecule has 4 atom stereocenters. The van der Waals surface area contributed by atoms with Crippen LogP contribution in [0.4, 0.5) is 0 Å². The van der Waals surface area contributed by atoms with E-state index in [9.17, 15) is 24.4 Å². The number of H-pyrrole nitrogens is 1. The van der Waals surface area contributed by atoms with E-state index in [0.29, 0.717) is 0 Å². The summed E-state index contributed by atoms with van der Waals surface area (Å²) in [6, 6.07) is 0. The molecule has 0 bridgehead atoms. The highest BCUT2D eigenvalue weighted by Crippen LogP contribution is 2.38. The Morgan fingerprint density at radius 3 is 2.62 bits per heavy atom. The molecular weight excluding hydrogens is 415 g/mol. The number of aliphatic hydroxyl groups excluding tert-OH is 2. The zero-order valence-electron chi connectivity index (χ0n) is 11.9. The summed E-state index contributed by atoms with van der Waals surface area (Å²) in [5.41, 5.74) is -1.48. The molecule has 0 amide bonds. The number of hydrogen-bond acceptors (Lipinski definition) is 7. The molecule has 0 unspecified atom stereocenters. The van der Waals surface area contributed by atoms with E-state index in [2.05, 4.69) is 20.5 Å². The quantitative estimate of drug-likeness (QED) is 0.354. The highest BCUT2D eigenvalue weighted by atomic mass is 79.9. The van der Waals surface area contributed by atoms with Crippen LogP contribution in [0.5, 0.6) is 0 Å². The summed E-state index contributed by atoms with van der Waals surface area (Å²) >= 11 is 2.99. The number of hydrogen-bond donors (Lipinski definition) is 5. The van der Waals surface area contributed by atoms with Crippen molar-refractivity contribution in [1.29, 1.82) is 0 Å². The van der Waals surface area contributed by atoms with E-state index in [1.165, 1.54) is 11.1 Å². The Balaban J connectivity index is 2.29. The van der Waals surface area contributed by atoms with Gasteiger partial charge in [-0.2, -0.15) is 0 Å². The molecule has 1 aromatic heterocycles. The van der Waals surface area contributed by atoms with Gasteiger partial charge in [-0.05, 0) is 11.1 Å². The minimum absolute atomic E-state index is 0.0756. The van der Waals surface area contributed by atoms with Crippen LogP contribution in [-0.2, 0) is 13.8 Å². The predicted octanol–water partition coefficient (Wildman–Crippen LogP) is -1.37. The van der Waals surface area contributed by atoms with E-state index in [0.717, 1.165) is 10.8 Å². The van der Waals surface area contributed by atoms with Gasteiger partial charge in [0.25, 0.3) is 5.56 Å². The van der Waals surface area contributed by atoms with Crippen LogP contribution in [0.25, 0.3) is 6.08 Å². The lowest BCUT2D eigenvalue weighted by Gasteiger charge is -2.17. The molecule has 1 aromatic rings. The monoisotopic (exact) mass is 428 g/mol. The molecule has 5 N–H and O–H groups in total. The van der Waals surface area contributed by atoms with Gasteiger partial charge in [0, 0.05) is 6.20 Å². The van der Waals surface area contributed by atoms with E-state index < -0.39 is 50.2 Å². The van der Waals surface area contributed by atoms with E-state index in [4.69, 9.17) is 14.5 Å². The van der Waals surface area contributed by atoms with Crippen molar-refractivity contribution >= 4 is 29.8 Å². The van der Waals surface area contributed by atoms with Crippen LogP contribution < -0.4 is 11.2 Å². The van der Waals surface area contributed by atoms with Crippen molar-refractivity contribution in [3.63, 3.8) is 0 Å². The van der Waals surface area contributed by atoms with Crippen molar-refractivity contribution in [2.24, 2.45) is 0 Å². The SMILES string of the molecule is O=c1[nH]c(=O)n([C@@H]2O[C@H](COP(=O)(O)O)[C@@H](O)[C@H]2O)cc1C=CBr. The summed E-state index contributed by atoms with van der Waals surface area (Å²) in [7, 11) is -4.79. The number of nitrogens with one attached hydrogen (secondary N) is 1. The second-order valence-electron chi connectivity index (χ2n) is 4.88. The van der Waals surface area contributed by atoms with Gasteiger partial charge in [0.1, 0.15) is 18.3 Å². The molecule has 0 spiro atoms. The molecule has 0 radical (unpaired) electrons. The smallest absolute Gasteiger partial charge is 0.387 e. The third-order valence-corrected chi connectivity index (χ3v) is 4.01. The summed E-state index contributed by atoms with van der Waals surface area (Å²) in [6.07, 6.45) is -3.34. The Morgan fingerprint density at radius 1 is 1.38 bits per heavy atom. The number of aliphatic hydroxyl groups is 2. The minimum Gasteiger partial charge on any atom is -0.387 e. The van der Waals surface area contributed by atoms with Crippen molar-refractivity contribution in [2.75, 3.05) is 6.61 Å². The van der Waals surface area contributed by atoms with Crippen molar-refractivity contribution < 1.29 is 33.8 Å². The summed E-state index contributed by atoms with van der Waals surface area (Å²) in [5.74, 6) is 0. The van der Waals surface area contributed by atoms with E-state index >= 15 is 0 Å². The van der Waals surface area contributed by atoms with Crippen LogP contribution in [0.15, 0.2) is 20.8 Å². The van der Waals surface area contributed by atoms with Crippen molar-refractivity contribution in [2.45, 2.75) is 24.5 Å². The number of aromatic nitrogens is 2. The highest BCUT2D eigenvalue weighted by molar-refractivity contribution is 9.11. The molecule has 2 rings (SSSR count). The van der Waals surface area contributed by atoms with Gasteiger partial charge in [0.15, 0.2) is 6.23 Å². The summed E-state index contributed by atoms with van der Waals surface area (Å²) in [5, 5.41) is 19.9. The van der Waals surface area contributed by atoms with Crippen LogP contribution >= 0.6 is 23.8 Å². The average Bonchev–Trinajstić information content (AvgIpc) is 2.75. The average molecular weight is 429 g/mol. The maximum Gasteiger partial charge on any atom is 0.469 e. The molecule has 0 saturated carbocycles. The molecule has 13 heteroatoms. The second-order valence-corrected chi connectivity index (χ2v) is 6.64. The fourth-order valence-electron chi connectivity index (χ4n) is 2.14. The number of halogens is 1. The maximum absolute atomic E-state index is 11.9. The first-order valence-corrected chi connectivity index (χ1v) is 8.92. The summed E-state index contributed by atoms with van der Waals surface area (Å²) < 4.78 is 21.1. The van der Waals surface area contributed by atoms with E-state index in [-0.39, 0.29) is 5.56 Å². The molecular formula is C11H14BrN2O9P. The van der Waals surface area contributed by atoms with Crippen molar-refractivity contribution in [3.8, 4) is 0 Å². The largest absolute Gasteiger partial charge is 0.469 e. The van der Waals surface area contributed by atoms with Gasteiger partial charge in [0.05, 0.1) is 12.2 Å². The van der Waals surface area contributed by atoms with Crippen LogP contribution in [0.2, 0.25) is 0 Å². The van der Waals surface area contributed by atoms with E-state index in [1.54, 1.807) is 0 Å². The number of rotatable bonds is 5. The number of aromatic amines is 1. The highest BCUT2D eigenvalue weighted by Gasteiger charge is 2.45. The molecule has 2 heterocycles.